The van der Waals surface area contributed by atoms with Crippen molar-refractivity contribution in [3.8, 4) is 0 Å². The van der Waals surface area contributed by atoms with Crippen LogP contribution in [0.1, 0.15) is 27.2 Å². The molecular weight excluding hydrogens is 200 g/mol. The third-order valence-corrected chi connectivity index (χ3v) is 2.20. The van der Waals surface area contributed by atoms with Crippen LogP contribution in [0.2, 0.25) is 0 Å². The van der Waals surface area contributed by atoms with Crippen LogP contribution in [0.15, 0.2) is 0 Å². The van der Waals surface area contributed by atoms with Gasteiger partial charge < -0.3 is 20.4 Å². The lowest BCUT2D eigenvalue weighted by molar-refractivity contribution is -0.143. The third kappa shape index (κ3) is 4.70. The molecule has 4 N–H and O–H groups in total. The van der Waals surface area contributed by atoms with E-state index in [2.05, 4.69) is 0 Å². The van der Waals surface area contributed by atoms with Crippen molar-refractivity contribution in [2.24, 2.45) is 5.92 Å². The van der Waals surface area contributed by atoms with Gasteiger partial charge in [0.05, 0.1) is 6.10 Å². The average molecular weight is 220 g/mol. The van der Waals surface area contributed by atoms with Crippen LogP contribution in [0.25, 0.3) is 0 Å². The van der Waals surface area contributed by atoms with Gasteiger partial charge in [-0.25, -0.2) is 0 Å². The molecule has 15 heavy (non-hydrogen) atoms. The molecule has 0 aromatic rings. The maximum atomic E-state index is 10.7. The molecular formula is C10H20O5. The highest BCUT2D eigenvalue weighted by atomic mass is 16.4. The van der Waals surface area contributed by atoms with Crippen molar-refractivity contribution >= 4 is 5.78 Å². The molecule has 0 saturated carbocycles. The molecule has 4 atom stereocenters. The van der Waals surface area contributed by atoms with E-state index >= 15 is 0 Å². The molecule has 5 nitrogen and oxygen atoms in total. The number of carbonyl (C=O) groups excluding carboxylic acids is 1. The Balaban J connectivity index is 4.29. The van der Waals surface area contributed by atoms with E-state index in [1.54, 1.807) is 0 Å². The normalized spacial score (nSPS) is 19.7. The fourth-order valence-electron chi connectivity index (χ4n) is 1.28. The van der Waals surface area contributed by atoms with Crippen LogP contribution in [-0.4, -0.2) is 50.6 Å². The van der Waals surface area contributed by atoms with E-state index in [0.29, 0.717) is 6.42 Å². The second-order valence-electron chi connectivity index (χ2n) is 4.23. The van der Waals surface area contributed by atoms with Crippen molar-refractivity contribution in [2.75, 3.05) is 0 Å². The maximum absolute atomic E-state index is 10.7. The lowest BCUT2D eigenvalue weighted by atomic mass is 9.95. The summed E-state index contributed by atoms with van der Waals surface area (Å²) in [6.07, 6.45) is -5.65. The summed E-state index contributed by atoms with van der Waals surface area (Å²) in [4.78, 5) is 10.7. The predicted octanol–water partition coefficient (Wildman–Crippen LogP) is -0.935. The maximum Gasteiger partial charge on any atom is 0.160 e. The number of rotatable bonds is 6. The van der Waals surface area contributed by atoms with Crippen molar-refractivity contribution in [1.29, 1.82) is 0 Å². The van der Waals surface area contributed by atoms with E-state index in [4.69, 9.17) is 0 Å². The first-order valence-corrected chi connectivity index (χ1v) is 5.00. The lowest BCUT2D eigenvalue weighted by Crippen LogP contribution is -2.47. The number of hydrogen-bond donors (Lipinski definition) is 4. The van der Waals surface area contributed by atoms with Crippen LogP contribution < -0.4 is 0 Å². The molecule has 0 aliphatic heterocycles. The first-order chi connectivity index (χ1) is 6.77. The van der Waals surface area contributed by atoms with E-state index in [0.717, 1.165) is 6.92 Å². The summed E-state index contributed by atoms with van der Waals surface area (Å²) in [6, 6.07) is 0. The SMILES string of the molecule is CC(=O)[C@H](O)[C@@H](O)[C@@H](O)[C@H](O)CC(C)C. The van der Waals surface area contributed by atoms with E-state index in [9.17, 15) is 25.2 Å². The van der Waals surface area contributed by atoms with Gasteiger partial charge in [0.2, 0.25) is 0 Å². The van der Waals surface area contributed by atoms with Crippen LogP contribution in [-0.2, 0) is 4.79 Å². The standard InChI is InChI=1S/C10H20O5/c1-5(2)4-7(12)9(14)10(15)8(13)6(3)11/h5,7-10,12-15H,4H2,1-3H3/t7-,8+,9+,10-/m1/s1. The van der Waals surface area contributed by atoms with Gasteiger partial charge >= 0.3 is 0 Å². The van der Waals surface area contributed by atoms with Crippen LogP contribution in [0, 0.1) is 5.92 Å². The Kier molecular flexibility index (Phi) is 5.97. The second kappa shape index (κ2) is 6.17. The van der Waals surface area contributed by atoms with Gasteiger partial charge in [-0.1, -0.05) is 13.8 Å². The van der Waals surface area contributed by atoms with Gasteiger partial charge in [-0.3, -0.25) is 4.79 Å². The first kappa shape index (κ1) is 14.5. The highest BCUT2D eigenvalue weighted by Gasteiger charge is 2.32. The van der Waals surface area contributed by atoms with E-state index in [1.165, 1.54) is 0 Å². The van der Waals surface area contributed by atoms with Crippen molar-refractivity contribution < 1.29 is 25.2 Å². The lowest BCUT2D eigenvalue weighted by Gasteiger charge is -2.26. The smallest absolute Gasteiger partial charge is 0.160 e. The summed E-state index contributed by atoms with van der Waals surface area (Å²) in [7, 11) is 0. The van der Waals surface area contributed by atoms with Crippen molar-refractivity contribution in [2.45, 2.75) is 51.6 Å². The number of ketones is 1. The molecule has 0 radical (unpaired) electrons. The monoisotopic (exact) mass is 220 g/mol. The molecule has 0 unspecified atom stereocenters. The highest BCUT2D eigenvalue weighted by molar-refractivity contribution is 5.80. The molecule has 0 rings (SSSR count). The van der Waals surface area contributed by atoms with Gasteiger partial charge in [-0.15, -0.1) is 0 Å². The quantitative estimate of drug-likeness (QED) is 0.463. The van der Waals surface area contributed by atoms with Gasteiger partial charge in [0.15, 0.2) is 5.78 Å². The molecule has 90 valence electrons. The number of hydrogen-bond acceptors (Lipinski definition) is 5. The summed E-state index contributed by atoms with van der Waals surface area (Å²) in [6.45, 7) is 4.81. The minimum absolute atomic E-state index is 0.149. The Labute approximate surface area is 89.4 Å². The van der Waals surface area contributed by atoms with Crippen LogP contribution in [0.5, 0.6) is 0 Å². The summed E-state index contributed by atoms with van der Waals surface area (Å²) < 4.78 is 0. The summed E-state index contributed by atoms with van der Waals surface area (Å²) >= 11 is 0. The summed E-state index contributed by atoms with van der Waals surface area (Å²) in [5.41, 5.74) is 0. The molecule has 0 bridgehead atoms. The molecule has 0 amide bonds. The zero-order valence-corrected chi connectivity index (χ0v) is 9.29. The fourth-order valence-corrected chi connectivity index (χ4v) is 1.28. The number of aliphatic hydroxyl groups is 4. The Morgan fingerprint density at radius 2 is 1.53 bits per heavy atom. The third-order valence-electron chi connectivity index (χ3n) is 2.20. The Bertz CT molecular complexity index is 204. The minimum Gasteiger partial charge on any atom is -0.390 e. The average Bonchev–Trinajstić information content (AvgIpc) is 2.13. The summed E-state index contributed by atoms with van der Waals surface area (Å²) in [5, 5.41) is 37.4. The van der Waals surface area contributed by atoms with Crippen molar-refractivity contribution in [3.05, 3.63) is 0 Å². The molecule has 0 aliphatic rings. The number of aliphatic hydroxyl groups excluding tert-OH is 4. The van der Waals surface area contributed by atoms with Gasteiger partial charge in [-0.2, -0.15) is 0 Å². The first-order valence-electron chi connectivity index (χ1n) is 5.00. The molecule has 0 saturated heterocycles. The van der Waals surface area contributed by atoms with Crippen LogP contribution >= 0.6 is 0 Å². The Morgan fingerprint density at radius 1 is 1.07 bits per heavy atom. The largest absolute Gasteiger partial charge is 0.390 e. The molecule has 0 aromatic carbocycles. The zero-order valence-electron chi connectivity index (χ0n) is 9.29. The molecule has 0 aromatic heterocycles. The zero-order chi connectivity index (χ0) is 12.2. The molecule has 0 aliphatic carbocycles. The Hall–Kier alpha value is -0.490. The van der Waals surface area contributed by atoms with Crippen LogP contribution in [0.4, 0.5) is 0 Å². The summed E-state index contributed by atoms with van der Waals surface area (Å²) in [5.74, 6) is -0.491. The molecule has 5 heteroatoms. The predicted molar refractivity (Wildman–Crippen MR) is 54.2 cm³/mol. The van der Waals surface area contributed by atoms with Crippen molar-refractivity contribution in [3.63, 3.8) is 0 Å². The van der Waals surface area contributed by atoms with Gasteiger partial charge in [0.1, 0.15) is 18.3 Å². The molecule has 0 spiro atoms. The molecule has 0 heterocycles. The fraction of sp³-hybridized carbons (Fsp3) is 0.900. The van der Waals surface area contributed by atoms with E-state index in [-0.39, 0.29) is 5.92 Å². The van der Waals surface area contributed by atoms with Gasteiger partial charge in [0, 0.05) is 0 Å². The second-order valence-corrected chi connectivity index (χ2v) is 4.23. The van der Waals surface area contributed by atoms with E-state index < -0.39 is 30.2 Å². The van der Waals surface area contributed by atoms with Crippen LogP contribution in [0.3, 0.4) is 0 Å². The molecule has 0 fully saturated rings. The van der Waals surface area contributed by atoms with Gasteiger partial charge in [0.25, 0.3) is 0 Å². The van der Waals surface area contributed by atoms with Crippen molar-refractivity contribution in [1.82, 2.24) is 0 Å². The van der Waals surface area contributed by atoms with E-state index in [1.807, 2.05) is 13.8 Å². The number of Topliss-reactive ketones (excluding diaryl/α,β-unsaturated/α-hetero) is 1. The number of carbonyl (C=O) groups is 1. The minimum atomic E-state index is -1.65. The Morgan fingerprint density at radius 3 is 1.87 bits per heavy atom. The highest BCUT2D eigenvalue weighted by Crippen LogP contribution is 2.13. The van der Waals surface area contributed by atoms with Gasteiger partial charge in [-0.05, 0) is 19.3 Å². The topological polar surface area (TPSA) is 98.0 Å².